The van der Waals surface area contributed by atoms with Crippen molar-refractivity contribution in [1.82, 2.24) is 14.4 Å². The van der Waals surface area contributed by atoms with Crippen LogP contribution >= 0.6 is 0 Å². The van der Waals surface area contributed by atoms with E-state index in [2.05, 4.69) is 33.7 Å². The first-order valence-electron chi connectivity index (χ1n) is 11.3. The molecule has 1 fully saturated rings. The highest BCUT2D eigenvalue weighted by Crippen LogP contribution is 2.39. The highest BCUT2D eigenvalue weighted by Gasteiger charge is 2.26. The second kappa shape index (κ2) is 8.10. The van der Waals surface area contributed by atoms with Crippen LogP contribution in [-0.2, 0) is 0 Å². The molecule has 3 aromatic carbocycles. The van der Waals surface area contributed by atoms with Gasteiger partial charge in [-0.2, -0.15) is 0 Å². The van der Waals surface area contributed by atoms with Gasteiger partial charge >= 0.3 is 0 Å². The summed E-state index contributed by atoms with van der Waals surface area (Å²) in [6, 6.07) is 26.5. The van der Waals surface area contributed by atoms with Gasteiger partial charge in [0.15, 0.2) is 0 Å². The fourth-order valence-corrected chi connectivity index (χ4v) is 4.43. The Labute approximate surface area is 192 Å². The average Bonchev–Trinajstić information content (AvgIpc) is 3.20. The van der Waals surface area contributed by atoms with Gasteiger partial charge in [0.2, 0.25) is 0 Å². The van der Waals surface area contributed by atoms with Gasteiger partial charge < -0.3 is 10.5 Å². The van der Waals surface area contributed by atoms with Crippen molar-refractivity contribution in [2.24, 2.45) is 0 Å². The number of imidazole rings is 1. The first kappa shape index (κ1) is 19.6. The Morgan fingerprint density at radius 3 is 2.36 bits per heavy atom. The SMILES string of the molecule is Nc1nccn2c(C3CCC3)nc(-c3ccc(Oc4cccc(-c5ccccc5)c4)cc3)c12. The third-order valence-electron chi connectivity index (χ3n) is 6.39. The number of nitrogen functional groups attached to an aromatic ring is 1. The Bertz CT molecular complexity index is 1420. The lowest BCUT2D eigenvalue weighted by Gasteiger charge is -2.23. The van der Waals surface area contributed by atoms with Gasteiger partial charge in [0, 0.05) is 23.9 Å². The second-order valence-corrected chi connectivity index (χ2v) is 8.50. The van der Waals surface area contributed by atoms with Gasteiger partial charge in [-0.1, -0.05) is 48.9 Å². The summed E-state index contributed by atoms with van der Waals surface area (Å²) in [6.07, 6.45) is 7.32. The van der Waals surface area contributed by atoms with Crippen molar-refractivity contribution < 1.29 is 4.74 Å². The van der Waals surface area contributed by atoms with Crippen LogP contribution in [0, 0.1) is 0 Å². The number of aromatic nitrogens is 3. The van der Waals surface area contributed by atoms with E-state index in [-0.39, 0.29) is 0 Å². The summed E-state index contributed by atoms with van der Waals surface area (Å²) in [4.78, 5) is 9.31. The van der Waals surface area contributed by atoms with Crippen molar-refractivity contribution in [2.45, 2.75) is 25.2 Å². The van der Waals surface area contributed by atoms with Crippen LogP contribution in [0.5, 0.6) is 11.5 Å². The van der Waals surface area contributed by atoms with Crippen molar-refractivity contribution in [3.05, 3.63) is 97.1 Å². The number of anilines is 1. The quantitative estimate of drug-likeness (QED) is 0.335. The van der Waals surface area contributed by atoms with Crippen LogP contribution in [-0.4, -0.2) is 14.4 Å². The maximum absolute atomic E-state index is 6.26. The van der Waals surface area contributed by atoms with Gasteiger partial charge in [-0.05, 0) is 60.4 Å². The Hall–Kier alpha value is -4.12. The Morgan fingerprint density at radius 1 is 0.818 bits per heavy atom. The molecule has 5 aromatic rings. The number of nitrogens with two attached hydrogens (primary N) is 1. The number of ether oxygens (including phenoxy) is 1. The molecule has 33 heavy (non-hydrogen) atoms. The molecule has 2 heterocycles. The number of rotatable bonds is 5. The van der Waals surface area contributed by atoms with E-state index in [4.69, 9.17) is 15.5 Å². The summed E-state index contributed by atoms with van der Waals surface area (Å²) in [5, 5.41) is 0. The molecule has 1 saturated carbocycles. The zero-order valence-corrected chi connectivity index (χ0v) is 18.2. The van der Waals surface area contributed by atoms with E-state index >= 15 is 0 Å². The number of fused-ring (bicyclic) bond motifs is 1. The molecular formula is C28H24N4O. The highest BCUT2D eigenvalue weighted by molar-refractivity contribution is 5.85. The van der Waals surface area contributed by atoms with E-state index in [1.807, 2.05) is 60.8 Å². The fourth-order valence-electron chi connectivity index (χ4n) is 4.43. The molecule has 1 aliphatic rings. The maximum atomic E-state index is 6.26. The van der Waals surface area contributed by atoms with Crippen molar-refractivity contribution in [3.63, 3.8) is 0 Å². The van der Waals surface area contributed by atoms with Crippen LogP contribution in [0.3, 0.4) is 0 Å². The van der Waals surface area contributed by atoms with Crippen LogP contribution in [0.2, 0.25) is 0 Å². The zero-order valence-electron chi connectivity index (χ0n) is 18.2. The normalized spacial score (nSPS) is 13.7. The summed E-state index contributed by atoms with van der Waals surface area (Å²) in [7, 11) is 0. The van der Waals surface area contributed by atoms with E-state index in [1.54, 1.807) is 6.20 Å². The number of benzene rings is 3. The number of hydrogen-bond acceptors (Lipinski definition) is 4. The Balaban J connectivity index is 1.30. The van der Waals surface area contributed by atoms with Crippen LogP contribution < -0.4 is 10.5 Å². The molecule has 2 N–H and O–H groups in total. The minimum Gasteiger partial charge on any atom is -0.457 e. The van der Waals surface area contributed by atoms with Crippen LogP contribution in [0.25, 0.3) is 27.9 Å². The van der Waals surface area contributed by atoms with Crippen LogP contribution in [0.4, 0.5) is 5.82 Å². The monoisotopic (exact) mass is 432 g/mol. The van der Waals surface area contributed by atoms with E-state index in [1.165, 1.54) is 24.8 Å². The zero-order chi connectivity index (χ0) is 22.2. The van der Waals surface area contributed by atoms with Crippen LogP contribution in [0.1, 0.15) is 31.0 Å². The van der Waals surface area contributed by atoms with Crippen molar-refractivity contribution in [2.75, 3.05) is 5.73 Å². The predicted molar refractivity (Wildman–Crippen MR) is 131 cm³/mol. The van der Waals surface area contributed by atoms with Crippen molar-refractivity contribution >= 4 is 11.3 Å². The van der Waals surface area contributed by atoms with Gasteiger partial charge in [-0.25, -0.2) is 9.97 Å². The minimum atomic E-state index is 0.493. The van der Waals surface area contributed by atoms with Gasteiger partial charge in [0.05, 0.1) is 0 Å². The topological polar surface area (TPSA) is 65.4 Å². The highest BCUT2D eigenvalue weighted by atomic mass is 16.5. The summed E-state index contributed by atoms with van der Waals surface area (Å²) in [6.45, 7) is 0. The van der Waals surface area contributed by atoms with E-state index in [9.17, 15) is 0 Å². The largest absolute Gasteiger partial charge is 0.457 e. The van der Waals surface area contributed by atoms with Crippen LogP contribution in [0.15, 0.2) is 91.3 Å². The molecular weight excluding hydrogens is 408 g/mol. The standard InChI is InChI=1S/C28H24N4O/c29-27-26-25(31-28(21-8-4-9-21)32(26)17-16-30-27)20-12-14-23(15-13-20)33-24-11-5-10-22(18-24)19-6-2-1-3-7-19/h1-3,5-7,10-18,21H,4,8-9H2,(H2,29,30). The predicted octanol–water partition coefficient (Wildman–Crippen LogP) is 6.71. The first-order chi connectivity index (χ1) is 16.3. The molecule has 0 amide bonds. The molecule has 5 heteroatoms. The fraction of sp³-hybridized carbons (Fsp3) is 0.143. The smallest absolute Gasteiger partial charge is 0.150 e. The molecule has 2 aromatic heterocycles. The third kappa shape index (κ3) is 3.61. The molecule has 0 unspecified atom stereocenters. The lowest BCUT2D eigenvalue weighted by Crippen LogP contribution is -2.12. The summed E-state index contributed by atoms with van der Waals surface area (Å²) in [5.41, 5.74) is 11.3. The molecule has 1 aliphatic carbocycles. The average molecular weight is 433 g/mol. The molecule has 6 rings (SSSR count). The molecule has 0 radical (unpaired) electrons. The van der Waals surface area contributed by atoms with Gasteiger partial charge in [-0.3, -0.25) is 4.40 Å². The molecule has 0 bridgehead atoms. The molecule has 162 valence electrons. The molecule has 0 spiro atoms. The number of nitrogens with zero attached hydrogens (tertiary/aromatic N) is 3. The van der Waals surface area contributed by atoms with E-state index in [0.717, 1.165) is 39.7 Å². The molecule has 0 atom stereocenters. The van der Waals surface area contributed by atoms with Crippen molar-refractivity contribution in [3.8, 4) is 33.9 Å². The first-order valence-corrected chi connectivity index (χ1v) is 11.3. The molecule has 0 aliphatic heterocycles. The molecule has 0 saturated heterocycles. The summed E-state index contributed by atoms with van der Waals surface area (Å²) in [5.74, 6) is 3.66. The minimum absolute atomic E-state index is 0.493. The van der Waals surface area contributed by atoms with Gasteiger partial charge in [-0.15, -0.1) is 0 Å². The maximum Gasteiger partial charge on any atom is 0.150 e. The van der Waals surface area contributed by atoms with E-state index in [0.29, 0.717) is 11.7 Å². The third-order valence-corrected chi connectivity index (χ3v) is 6.39. The van der Waals surface area contributed by atoms with E-state index < -0.39 is 0 Å². The van der Waals surface area contributed by atoms with Gasteiger partial charge in [0.1, 0.15) is 34.4 Å². The Kier molecular flexibility index (Phi) is 4.80. The van der Waals surface area contributed by atoms with Crippen molar-refractivity contribution in [1.29, 1.82) is 0 Å². The lowest BCUT2D eigenvalue weighted by molar-refractivity contribution is 0.400. The number of hydrogen-bond donors (Lipinski definition) is 1. The molecule has 5 nitrogen and oxygen atoms in total. The summed E-state index contributed by atoms with van der Waals surface area (Å²) < 4.78 is 8.26. The lowest BCUT2D eigenvalue weighted by atomic mass is 9.85. The summed E-state index contributed by atoms with van der Waals surface area (Å²) >= 11 is 0. The van der Waals surface area contributed by atoms with Gasteiger partial charge in [0.25, 0.3) is 0 Å². The Morgan fingerprint density at radius 2 is 1.61 bits per heavy atom. The second-order valence-electron chi connectivity index (χ2n) is 8.50.